The van der Waals surface area contributed by atoms with E-state index in [-0.39, 0.29) is 17.1 Å². The number of likely N-dealkylation sites (N-methyl/N-ethyl adjacent to an activating group) is 1. The highest BCUT2D eigenvalue weighted by Crippen LogP contribution is 2.58. The summed E-state index contributed by atoms with van der Waals surface area (Å²) in [5, 5.41) is 17.4. The van der Waals surface area contributed by atoms with Crippen molar-refractivity contribution in [3.05, 3.63) is 42.0 Å². The van der Waals surface area contributed by atoms with Gasteiger partial charge in [-0.2, -0.15) is 0 Å². The number of halogens is 1. The van der Waals surface area contributed by atoms with E-state index in [0.717, 1.165) is 5.56 Å². The number of aliphatic hydroxyl groups is 1. The zero-order valence-electron chi connectivity index (χ0n) is 16.2. The number of rotatable bonds is 4. The number of carbonyl (C=O) groups excluding carboxylic acids is 2. The van der Waals surface area contributed by atoms with Crippen LogP contribution in [-0.4, -0.2) is 41.4 Å². The van der Waals surface area contributed by atoms with Gasteiger partial charge in [-0.15, -0.1) is 18.2 Å². The van der Waals surface area contributed by atoms with Crippen molar-refractivity contribution in [2.75, 3.05) is 12.4 Å². The standard InChI is InChI=1S/C21H27ClN2O3/c1-6-20(4)15(22)10-14-19(2,3)12-8-7-9-13(24-11-25)16(12)17(26)21(14,27)18(20)23-5/h6-9,11,14-15,18,23,27H,1,10H2,2-5H3,(H,24,25). The zero-order chi connectivity index (χ0) is 20.2. The average Bonchev–Trinajstić information content (AvgIpc) is 2.63. The fourth-order valence-corrected chi connectivity index (χ4v) is 5.71. The zero-order valence-corrected chi connectivity index (χ0v) is 16.9. The predicted octanol–water partition coefficient (Wildman–Crippen LogP) is 2.87. The molecule has 0 radical (unpaired) electrons. The van der Waals surface area contributed by atoms with Gasteiger partial charge in [0.1, 0.15) is 5.60 Å². The molecule has 0 aromatic heterocycles. The van der Waals surface area contributed by atoms with Crippen molar-refractivity contribution in [2.24, 2.45) is 11.3 Å². The molecule has 0 aliphatic heterocycles. The third-order valence-electron chi connectivity index (χ3n) is 6.87. The van der Waals surface area contributed by atoms with E-state index < -0.39 is 22.5 Å². The van der Waals surface area contributed by atoms with Gasteiger partial charge in [0.05, 0.1) is 11.7 Å². The van der Waals surface area contributed by atoms with E-state index >= 15 is 0 Å². The Labute approximate surface area is 165 Å². The minimum Gasteiger partial charge on any atom is -0.380 e. The minimum atomic E-state index is -1.68. The normalized spacial score (nSPS) is 37.1. The van der Waals surface area contributed by atoms with Crippen molar-refractivity contribution < 1.29 is 14.7 Å². The van der Waals surface area contributed by atoms with Gasteiger partial charge in [-0.3, -0.25) is 9.59 Å². The van der Waals surface area contributed by atoms with Gasteiger partial charge in [-0.25, -0.2) is 0 Å². The molecule has 5 nitrogen and oxygen atoms in total. The van der Waals surface area contributed by atoms with E-state index in [2.05, 4.69) is 17.2 Å². The van der Waals surface area contributed by atoms with Crippen molar-refractivity contribution in [3.8, 4) is 0 Å². The average molecular weight is 391 g/mol. The Morgan fingerprint density at radius 3 is 2.56 bits per heavy atom. The van der Waals surface area contributed by atoms with Crippen LogP contribution >= 0.6 is 11.6 Å². The van der Waals surface area contributed by atoms with Gasteiger partial charge in [0.15, 0.2) is 5.78 Å². The molecule has 0 spiro atoms. The summed E-state index contributed by atoms with van der Waals surface area (Å²) >= 11 is 6.77. The minimum absolute atomic E-state index is 0.289. The number of anilines is 1. The molecule has 0 heterocycles. The lowest BCUT2D eigenvalue weighted by molar-refractivity contribution is -0.105. The number of carbonyl (C=O) groups is 2. The van der Waals surface area contributed by atoms with E-state index in [0.29, 0.717) is 24.1 Å². The van der Waals surface area contributed by atoms with E-state index in [1.165, 1.54) is 0 Å². The first kappa shape index (κ1) is 20.1. The predicted molar refractivity (Wildman–Crippen MR) is 107 cm³/mol. The van der Waals surface area contributed by atoms with Crippen molar-refractivity contribution in [1.29, 1.82) is 0 Å². The molecule has 0 saturated heterocycles. The summed E-state index contributed by atoms with van der Waals surface area (Å²) in [6.45, 7) is 9.87. The molecule has 146 valence electrons. The van der Waals surface area contributed by atoms with Crippen LogP contribution in [-0.2, 0) is 10.2 Å². The van der Waals surface area contributed by atoms with Crippen LogP contribution in [0.1, 0.15) is 43.1 Å². The number of benzene rings is 1. The first-order valence-corrected chi connectivity index (χ1v) is 9.60. The highest BCUT2D eigenvalue weighted by atomic mass is 35.5. The van der Waals surface area contributed by atoms with E-state index in [9.17, 15) is 14.7 Å². The van der Waals surface area contributed by atoms with Crippen molar-refractivity contribution >= 4 is 29.5 Å². The van der Waals surface area contributed by atoms with Gasteiger partial charge in [-0.1, -0.05) is 39.0 Å². The van der Waals surface area contributed by atoms with Crippen LogP contribution in [0.25, 0.3) is 0 Å². The summed E-state index contributed by atoms with van der Waals surface area (Å²) in [4.78, 5) is 24.8. The van der Waals surface area contributed by atoms with E-state index in [1.54, 1.807) is 19.2 Å². The number of nitrogens with one attached hydrogen (secondary N) is 2. The number of alkyl halides is 1. The molecule has 1 aromatic rings. The van der Waals surface area contributed by atoms with Crippen LogP contribution < -0.4 is 10.6 Å². The fraction of sp³-hybridized carbons (Fsp3) is 0.524. The van der Waals surface area contributed by atoms with Gasteiger partial charge < -0.3 is 15.7 Å². The number of Topliss-reactive ketones (excluding diaryl/α,β-unsaturated/α-hetero) is 1. The highest BCUT2D eigenvalue weighted by molar-refractivity contribution is 6.22. The molecule has 1 fully saturated rings. The number of ketones is 1. The summed E-state index contributed by atoms with van der Waals surface area (Å²) in [5.41, 5.74) is -1.29. The third-order valence-corrected chi connectivity index (χ3v) is 7.52. The lowest BCUT2D eigenvalue weighted by Gasteiger charge is -2.60. The molecule has 3 rings (SSSR count). The lowest BCUT2D eigenvalue weighted by atomic mass is 9.48. The van der Waals surface area contributed by atoms with Gasteiger partial charge in [0.25, 0.3) is 0 Å². The Morgan fingerprint density at radius 1 is 1.33 bits per heavy atom. The van der Waals surface area contributed by atoms with Gasteiger partial charge in [0, 0.05) is 22.3 Å². The lowest BCUT2D eigenvalue weighted by Crippen LogP contribution is -2.74. The Kier molecular flexibility index (Phi) is 4.78. The van der Waals surface area contributed by atoms with Crippen LogP contribution in [0.3, 0.4) is 0 Å². The Morgan fingerprint density at radius 2 is 2.00 bits per heavy atom. The molecule has 3 N–H and O–H groups in total. The molecule has 6 heteroatoms. The molecule has 1 amide bonds. The van der Waals surface area contributed by atoms with Gasteiger partial charge in [0.2, 0.25) is 6.41 Å². The number of hydrogen-bond acceptors (Lipinski definition) is 4. The van der Waals surface area contributed by atoms with Crippen LogP contribution in [0.5, 0.6) is 0 Å². The van der Waals surface area contributed by atoms with Crippen LogP contribution in [0.2, 0.25) is 0 Å². The number of amides is 1. The molecule has 5 atom stereocenters. The van der Waals surface area contributed by atoms with E-state index in [1.807, 2.05) is 32.9 Å². The first-order chi connectivity index (χ1) is 12.6. The van der Waals surface area contributed by atoms with E-state index in [4.69, 9.17) is 11.6 Å². The van der Waals surface area contributed by atoms with Gasteiger partial charge >= 0.3 is 0 Å². The van der Waals surface area contributed by atoms with Gasteiger partial charge in [-0.05, 0) is 30.5 Å². The summed E-state index contributed by atoms with van der Waals surface area (Å²) in [5.74, 6) is -0.771. The molecule has 2 aliphatic carbocycles. The first-order valence-electron chi connectivity index (χ1n) is 9.16. The Hall–Kier alpha value is -1.69. The Balaban J connectivity index is 2.33. The van der Waals surface area contributed by atoms with Crippen LogP contribution in [0.15, 0.2) is 30.9 Å². The molecule has 27 heavy (non-hydrogen) atoms. The fourth-order valence-electron chi connectivity index (χ4n) is 5.31. The van der Waals surface area contributed by atoms with Crippen molar-refractivity contribution in [1.82, 2.24) is 5.32 Å². The summed E-state index contributed by atoms with van der Waals surface area (Å²) in [6, 6.07) is 4.77. The molecular formula is C21H27ClN2O3. The second kappa shape index (κ2) is 6.43. The number of fused-ring (bicyclic) bond motifs is 2. The summed E-state index contributed by atoms with van der Waals surface area (Å²) in [7, 11) is 1.72. The summed E-state index contributed by atoms with van der Waals surface area (Å²) < 4.78 is 0. The topological polar surface area (TPSA) is 78.4 Å². The maximum Gasteiger partial charge on any atom is 0.211 e. The SMILES string of the molecule is C=CC1(C)C(Cl)CC2C(C)(C)c3cccc(NC=O)c3C(=O)C2(O)C1NC. The summed E-state index contributed by atoms with van der Waals surface area (Å²) in [6.07, 6.45) is 2.75. The smallest absolute Gasteiger partial charge is 0.211 e. The van der Waals surface area contributed by atoms with Crippen molar-refractivity contribution in [2.45, 2.75) is 49.6 Å². The monoisotopic (exact) mass is 390 g/mol. The third kappa shape index (κ3) is 2.45. The van der Waals surface area contributed by atoms with Crippen LogP contribution in [0, 0.1) is 11.3 Å². The maximum atomic E-state index is 13.7. The largest absolute Gasteiger partial charge is 0.380 e. The number of hydrogen-bond donors (Lipinski definition) is 3. The van der Waals surface area contributed by atoms with Crippen LogP contribution in [0.4, 0.5) is 5.69 Å². The molecular weight excluding hydrogens is 364 g/mol. The Bertz CT molecular complexity index is 809. The quantitative estimate of drug-likeness (QED) is 0.419. The van der Waals surface area contributed by atoms with Crippen molar-refractivity contribution in [3.63, 3.8) is 0 Å². The maximum absolute atomic E-state index is 13.7. The molecule has 1 saturated carbocycles. The molecule has 1 aromatic carbocycles. The second-order valence-corrected chi connectivity index (χ2v) is 8.94. The molecule has 0 bridgehead atoms. The second-order valence-electron chi connectivity index (χ2n) is 8.41. The highest BCUT2D eigenvalue weighted by Gasteiger charge is 2.67. The molecule has 2 aliphatic rings. The molecule has 5 unspecified atom stereocenters.